The van der Waals surface area contributed by atoms with Gasteiger partial charge in [-0.3, -0.25) is 4.68 Å². The SMILES string of the molecule is Cc1ccc(-n2nc(C(C)(C)C)cc2[N+](C)(Cc2cc(F)ccc2Oc2ccc3c(cnn3C)c2)C(N)=O)cc1. The number of hydrogen-bond donors (Lipinski definition) is 1. The summed E-state index contributed by atoms with van der Waals surface area (Å²) in [5.41, 5.74) is 9.95. The van der Waals surface area contributed by atoms with Crippen molar-refractivity contribution in [3.05, 3.63) is 95.6 Å². The van der Waals surface area contributed by atoms with Crippen molar-refractivity contribution in [3.63, 3.8) is 0 Å². The van der Waals surface area contributed by atoms with Crippen molar-refractivity contribution in [2.45, 2.75) is 39.7 Å². The summed E-state index contributed by atoms with van der Waals surface area (Å²) in [6, 6.07) is 19.1. The van der Waals surface area contributed by atoms with Crippen LogP contribution in [0.5, 0.6) is 11.5 Å². The summed E-state index contributed by atoms with van der Waals surface area (Å²) in [4.78, 5) is 13.2. The number of amides is 2. The molecule has 8 nitrogen and oxygen atoms in total. The molecule has 1 unspecified atom stereocenters. The van der Waals surface area contributed by atoms with E-state index < -0.39 is 11.8 Å². The number of quaternary nitrogens is 1. The second-order valence-corrected chi connectivity index (χ2v) is 11.4. The van der Waals surface area contributed by atoms with Crippen molar-refractivity contribution in [2.75, 3.05) is 7.05 Å². The summed E-state index contributed by atoms with van der Waals surface area (Å²) in [6.07, 6.45) is 1.76. The number of nitrogens with zero attached hydrogens (tertiary/aromatic N) is 5. The molecule has 0 fully saturated rings. The summed E-state index contributed by atoms with van der Waals surface area (Å²) in [5.74, 6) is 1.12. The molecule has 206 valence electrons. The number of ether oxygens (including phenoxy) is 1. The number of urea groups is 1. The lowest BCUT2D eigenvalue weighted by molar-refractivity contribution is 0.214. The van der Waals surface area contributed by atoms with E-state index in [1.807, 2.05) is 62.5 Å². The van der Waals surface area contributed by atoms with Crippen molar-refractivity contribution in [1.82, 2.24) is 24.0 Å². The van der Waals surface area contributed by atoms with Gasteiger partial charge in [0.15, 0.2) is 0 Å². The Morgan fingerprint density at radius 2 is 1.77 bits per heavy atom. The Labute approximate surface area is 233 Å². The van der Waals surface area contributed by atoms with Gasteiger partial charge in [0, 0.05) is 23.9 Å². The van der Waals surface area contributed by atoms with E-state index in [2.05, 4.69) is 25.9 Å². The second kappa shape index (κ2) is 9.91. The molecule has 0 aliphatic rings. The summed E-state index contributed by atoms with van der Waals surface area (Å²) < 4.78 is 24.0. The van der Waals surface area contributed by atoms with Gasteiger partial charge in [-0.25, -0.2) is 9.18 Å². The van der Waals surface area contributed by atoms with E-state index in [1.165, 1.54) is 12.1 Å². The number of nitrogens with two attached hydrogens (primary N) is 1. The van der Waals surface area contributed by atoms with Crippen LogP contribution >= 0.6 is 0 Å². The predicted molar refractivity (Wildman–Crippen MR) is 155 cm³/mol. The Kier molecular flexibility index (Phi) is 6.71. The second-order valence-electron chi connectivity index (χ2n) is 11.4. The molecule has 0 spiro atoms. The van der Waals surface area contributed by atoms with Gasteiger partial charge in [0.05, 0.1) is 35.7 Å². The number of carbonyl (C=O) groups is 1. The third-order valence-electron chi connectivity index (χ3n) is 7.18. The van der Waals surface area contributed by atoms with Crippen molar-refractivity contribution in [3.8, 4) is 17.2 Å². The van der Waals surface area contributed by atoms with Gasteiger partial charge < -0.3 is 10.5 Å². The fourth-order valence-corrected chi connectivity index (χ4v) is 4.68. The smallest absolute Gasteiger partial charge is 0.420 e. The van der Waals surface area contributed by atoms with E-state index in [4.69, 9.17) is 15.6 Å². The minimum absolute atomic E-state index is 0.0404. The number of fused-ring (bicyclic) bond motifs is 1. The molecule has 2 N–H and O–H groups in total. The van der Waals surface area contributed by atoms with Crippen LogP contribution in [0.2, 0.25) is 0 Å². The molecule has 5 aromatic rings. The molecular formula is C31H34FN6O2+. The molecule has 0 saturated carbocycles. The quantitative estimate of drug-likeness (QED) is 0.248. The highest BCUT2D eigenvalue weighted by Gasteiger charge is 2.40. The number of primary amides is 1. The summed E-state index contributed by atoms with van der Waals surface area (Å²) >= 11 is 0. The van der Waals surface area contributed by atoms with Gasteiger partial charge in [-0.2, -0.15) is 19.4 Å². The normalized spacial score (nSPS) is 13.4. The molecule has 40 heavy (non-hydrogen) atoms. The number of hydrogen-bond acceptors (Lipinski definition) is 4. The maximum atomic E-state index is 14.6. The molecule has 0 radical (unpaired) electrons. The van der Waals surface area contributed by atoms with Crippen LogP contribution in [0, 0.1) is 12.7 Å². The van der Waals surface area contributed by atoms with Gasteiger partial charge in [-0.05, 0) is 55.5 Å². The van der Waals surface area contributed by atoms with E-state index in [1.54, 1.807) is 28.7 Å². The standard InChI is InChI=1S/C31H33FN6O2/c1-20-7-10-24(11-8-20)37-29(17-28(35-37)31(2,3)4)38(6,30(33)39)19-22-15-23(32)9-14-27(22)40-25-12-13-26-21(16-25)18-34-36(26)5/h7-18H,19H2,1-6H3,(H-,33,39)/p+1. The lowest BCUT2D eigenvalue weighted by atomic mass is 9.92. The van der Waals surface area contributed by atoms with E-state index in [0.717, 1.165) is 27.8 Å². The lowest BCUT2D eigenvalue weighted by Gasteiger charge is -2.29. The first-order valence-corrected chi connectivity index (χ1v) is 13.1. The number of benzene rings is 3. The Morgan fingerprint density at radius 3 is 2.45 bits per heavy atom. The van der Waals surface area contributed by atoms with Crippen LogP contribution in [-0.2, 0) is 19.0 Å². The minimum Gasteiger partial charge on any atom is -0.457 e. The van der Waals surface area contributed by atoms with Crippen LogP contribution in [0.1, 0.15) is 37.6 Å². The molecule has 2 heterocycles. The van der Waals surface area contributed by atoms with Crippen molar-refractivity contribution >= 4 is 22.8 Å². The van der Waals surface area contributed by atoms with E-state index in [9.17, 15) is 9.18 Å². The number of carbonyl (C=O) groups excluding carboxylic acids is 1. The van der Waals surface area contributed by atoms with E-state index in [-0.39, 0.29) is 16.4 Å². The molecular weight excluding hydrogens is 507 g/mol. The molecule has 5 rings (SSSR count). The van der Waals surface area contributed by atoms with Gasteiger partial charge in [0.2, 0.25) is 5.82 Å². The Bertz CT molecular complexity index is 1710. The molecule has 0 aliphatic carbocycles. The van der Waals surface area contributed by atoms with Crippen LogP contribution in [0.25, 0.3) is 16.6 Å². The molecule has 2 amide bonds. The Hall–Kier alpha value is -4.50. The van der Waals surface area contributed by atoms with Gasteiger partial charge in [0.1, 0.15) is 23.9 Å². The van der Waals surface area contributed by atoms with Crippen LogP contribution in [-0.4, -0.2) is 32.6 Å². The molecule has 0 bridgehead atoms. The average Bonchev–Trinajstić information content (AvgIpc) is 3.51. The Balaban J connectivity index is 1.60. The lowest BCUT2D eigenvalue weighted by Crippen LogP contribution is -2.54. The highest BCUT2D eigenvalue weighted by Crippen LogP contribution is 2.36. The highest BCUT2D eigenvalue weighted by atomic mass is 19.1. The first-order chi connectivity index (χ1) is 18.8. The summed E-state index contributed by atoms with van der Waals surface area (Å²) in [5, 5.41) is 10.1. The average molecular weight is 542 g/mol. The zero-order valence-corrected chi connectivity index (χ0v) is 23.6. The monoisotopic (exact) mass is 541 g/mol. The zero-order valence-electron chi connectivity index (χ0n) is 23.6. The van der Waals surface area contributed by atoms with Crippen molar-refractivity contribution in [2.24, 2.45) is 12.8 Å². The number of rotatable bonds is 6. The van der Waals surface area contributed by atoms with Crippen LogP contribution < -0.4 is 15.0 Å². The molecule has 1 atom stereocenters. The first-order valence-electron chi connectivity index (χ1n) is 13.1. The third-order valence-corrected chi connectivity index (χ3v) is 7.18. The summed E-state index contributed by atoms with van der Waals surface area (Å²) in [6.45, 7) is 8.23. The van der Waals surface area contributed by atoms with E-state index >= 15 is 0 Å². The molecule has 9 heteroatoms. The Morgan fingerprint density at radius 1 is 1.05 bits per heavy atom. The van der Waals surface area contributed by atoms with Gasteiger partial charge in [-0.15, -0.1) is 0 Å². The number of aromatic nitrogens is 4. The largest absolute Gasteiger partial charge is 0.457 e. The predicted octanol–water partition coefficient (Wildman–Crippen LogP) is 6.51. The molecule has 3 aromatic carbocycles. The van der Waals surface area contributed by atoms with Crippen LogP contribution in [0.3, 0.4) is 0 Å². The summed E-state index contributed by atoms with van der Waals surface area (Å²) in [7, 11) is 3.59. The van der Waals surface area contributed by atoms with Gasteiger partial charge >= 0.3 is 6.03 Å². The van der Waals surface area contributed by atoms with Crippen molar-refractivity contribution in [1.29, 1.82) is 0 Å². The van der Waals surface area contributed by atoms with Gasteiger partial charge in [-0.1, -0.05) is 38.5 Å². The van der Waals surface area contributed by atoms with Crippen LogP contribution in [0.4, 0.5) is 15.0 Å². The maximum Gasteiger partial charge on any atom is 0.420 e. The molecule has 0 saturated heterocycles. The first kappa shape index (κ1) is 27.1. The topological polar surface area (TPSA) is 88.0 Å². The number of halogens is 1. The zero-order chi connectivity index (χ0) is 28.8. The van der Waals surface area contributed by atoms with Crippen molar-refractivity contribution < 1.29 is 13.9 Å². The maximum absolute atomic E-state index is 14.6. The minimum atomic E-state index is -0.610. The highest BCUT2D eigenvalue weighted by molar-refractivity contribution is 5.85. The van der Waals surface area contributed by atoms with Crippen LogP contribution in [0.15, 0.2) is 72.9 Å². The third kappa shape index (κ3) is 5.08. The molecule has 0 aliphatic heterocycles. The fourth-order valence-electron chi connectivity index (χ4n) is 4.68. The molecule has 2 aromatic heterocycles. The van der Waals surface area contributed by atoms with E-state index in [0.29, 0.717) is 22.9 Å². The number of aryl methyl sites for hydroxylation is 2. The van der Waals surface area contributed by atoms with Gasteiger partial charge in [0.25, 0.3) is 0 Å². The fraction of sp³-hybridized carbons (Fsp3) is 0.258.